The van der Waals surface area contributed by atoms with Gasteiger partial charge in [0, 0.05) is 45.8 Å². The molecule has 7 nitrogen and oxygen atoms in total. The molecule has 0 saturated carbocycles. The zero-order chi connectivity index (χ0) is 21.3. The van der Waals surface area contributed by atoms with Gasteiger partial charge in [0.15, 0.2) is 5.82 Å². The molecule has 1 unspecified atom stereocenters. The summed E-state index contributed by atoms with van der Waals surface area (Å²) >= 11 is 0. The van der Waals surface area contributed by atoms with Gasteiger partial charge in [-0.2, -0.15) is 4.98 Å². The van der Waals surface area contributed by atoms with Gasteiger partial charge in [-0.3, -0.25) is 4.79 Å². The number of piperidine rings is 1. The summed E-state index contributed by atoms with van der Waals surface area (Å²) in [5, 5.41) is 4.13. The van der Waals surface area contributed by atoms with Gasteiger partial charge < -0.3 is 18.9 Å². The molecule has 1 atom stereocenters. The van der Waals surface area contributed by atoms with E-state index in [1.807, 2.05) is 23.1 Å². The Balaban J connectivity index is 1.20. The first-order valence-corrected chi connectivity index (χ1v) is 11.6. The molecule has 7 heteroatoms. The molecule has 0 aliphatic carbocycles. The van der Waals surface area contributed by atoms with Crippen LogP contribution in [-0.4, -0.2) is 60.5 Å². The SMILES string of the molecule is O=C(CCc1ccccc1)N1CCCC(c2nc(CCOCC3CCOCC3)no2)C1. The van der Waals surface area contributed by atoms with Crippen molar-refractivity contribution in [3.63, 3.8) is 0 Å². The molecule has 0 N–H and O–H groups in total. The van der Waals surface area contributed by atoms with E-state index in [1.54, 1.807) is 0 Å². The van der Waals surface area contributed by atoms with Crippen molar-refractivity contribution in [2.75, 3.05) is 39.5 Å². The summed E-state index contributed by atoms with van der Waals surface area (Å²) in [6.45, 7) is 4.54. The van der Waals surface area contributed by atoms with Crippen LogP contribution in [0, 0.1) is 5.92 Å². The Morgan fingerprint density at radius 1 is 1.13 bits per heavy atom. The second kappa shape index (κ2) is 11.4. The van der Waals surface area contributed by atoms with Crippen molar-refractivity contribution in [3.8, 4) is 0 Å². The van der Waals surface area contributed by atoms with Gasteiger partial charge in [-0.05, 0) is 43.6 Å². The number of rotatable bonds is 9. The van der Waals surface area contributed by atoms with Crippen molar-refractivity contribution >= 4 is 5.91 Å². The fourth-order valence-corrected chi connectivity index (χ4v) is 4.32. The van der Waals surface area contributed by atoms with Crippen molar-refractivity contribution in [3.05, 3.63) is 47.6 Å². The van der Waals surface area contributed by atoms with Gasteiger partial charge in [0.05, 0.1) is 12.5 Å². The number of aromatic nitrogens is 2. The number of nitrogens with zero attached hydrogens (tertiary/aromatic N) is 3. The first kappa shape index (κ1) is 22.0. The molecule has 2 fully saturated rings. The molecule has 31 heavy (non-hydrogen) atoms. The summed E-state index contributed by atoms with van der Waals surface area (Å²) in [5.74, 6) is 2.27. The number of amides is 1. The quantitative estimate of drug-likeness (QED) is 0.571. The molecule has 2 aliphatic heterocycles. The van der Waals surface area contributed by atoms with Crippen LogP contribution >= 0.6 is 0 Å². The van der Waals surface area contributed by atoms with E-state index in [2.05, 4.69) is 22.3 Å². The molecule has 2 saturated heterocycles. The van der Waals surface area contributed by atoms with Crippen LogP contribution in [0.1, 0.15) is 55.3 Å². The van der Waals surface area contributed by atoms with Crippen LogP contribution in [0.2, 0.25) is 0 Å². The van der Waals surface area contributed by atoms with Crippen molar-refractivity contribution in [2.45, 2.75) is 50.9 Å². The van der Waals surface area contributed by atoms with Crippen molar-refractivity contribution < 1.29 is 18.8 Å². The Morgan fingerprint density at radius 2 is 1.97 bits per heavy atom. The third-order valence-electron chi connectivity index (χ3n) is 6.24. The van der Waals surface area contributed by atoms with Gasteiger partial charge in [-0.1, -0.05) is 35.5 Å². The largest absolute Gasteiger partial charge is 0.381 e. The van der Waals surface area contributed by atoms with Gasteiger partial charge in [0.1, 0.15) is 0 Å². The van der Waals surface area contributed by atoms with E-state index in [0.717, 1.165) is 58.5 Å². The van der Waals surface area contributed by atoms with Crippen molar-refractivity contribution in [2.24, 2.45) is 5.92 Å². The maximum atomic E-state index is 12.7. The highest BCUT2D eigenvalue weighted by atomic mass is 16.5. The van der Waals surface area contributed by atoms with Gasteiger partial charge in [0.2, 0.25) is 11.8 Å². The predicted molar refractivity (Wildman–Crippen MR) is 116 cm³/mol. The number of ether oxygens (including phenoxy) is 2. The lowest BCUT2D eigenvalue weighted by atomic mass is 9.97. The summed E-state index contributed by atoms with van der Waals surface area (Å²) in [5.41, 5.74) is 1.20. The molecule has 1 aromatic carbocycles. The van der Waals surface area contributed by atoms with E-state index in [4.69, 9.17) is 14.0 Å². The monoisotopic (exact) mass is 427 g/mol. The van der Waals surface area contributed by atoms with Crippen molar-refractivity contribution in [1.82, 2.24) is 15.0 Å². The maximum Gasteiger partial charge on any atom is 0.231 e. The number of benzene rings is 1. The van der Waals surface area contributed by atoms with E-state index in [9.17, 15) is 4.79 Å². The van der Waals surface area contributed by atoms with E-state index in [0.29, 0.717) is 43.6 Å². The average molecular weight is 428 g/mol. The number of likely N-dealkylation sites (tertiary alicyclic amines) is 1. The van der Waals surface area contributed by atoms with E-state index < -0.39 is 0 Å². The minimum Gasteiger partial charge on any atom is -0.381 e. The van der Waals surface area contributed by atoms with Gasteiger partial charge in [0.25, 0.3) is 0 Å². The van der Waals surface area contributed by atoms with E-state index >= 15 is 0 Å². The fraction of sp³-hybridized carbons (Fsp3) is 0.625. The minimum atomic E-state index is 0.124. The summed E-state index contributed by atoms with van der Waals surface area (Å²) in [4.78, 5) is 19.2. The van der Waals surface area contributed by atoms with Crippen LogP contribution in [0.5, 0.6) is 0 Å². The lowest BCUT2D eigenvalue weighted by Crippen LogP contribution is -2.39. The highest BCUT2D eigenvalue weighted by Crippen LogP contribution is 2.26. The second-order valence-electron chi connectivity index (χ2n) is 8.59. The molecular formula is C24H33N3O4. The van der Waals surface area contributed by atoms with Crippen LogP contribution < -0.4 is 0 Å². The molecule has 0 spiro atoms. The topological polar surface area (TPSA) is 77.7 Å². The van der Waals surface area contributed by atoms with Crippen molar-refractivity contribution in [1.29, 1.82) is 0 Å². The molecule has 2 aromatic rings. The zero-order valence-corrected chi connectivity index (χ0v) is 18.2. The van der Waals surface area contributed by atoms with Crippen LogP contribution in [0.25, 0.3) is 0 Å². The average Bonchev–Trinajstić information content (AvgIpc) is 3.31. The Bertz CT molecular complexity index is 804. The Hall–Kier alpha value is -2.25. The van der Waals surface area contributed by atoms with E-state index in [-0.39, 0.29) is 11.8 Å². The molecule has 3 heterocycles. The lowest BCUT2D eigenvalue weighted by Gasteiger charge is -2.31. The predicted octanol–water partition coefficient (Wildman–Crippen LogP) is 3.39. The zero-order valence-electron chi connectivity index (χ0n) is 18.2. The summed E-state index contributed by atoms with van der Waals surface area (Å²) in [6.07, 6.45) is 6.07. The van der Waals surface area contributed by atoms with Crippen LogP contribution in [-0.2, 0) is 27.1 Å². The van der Waals surface area contributed by atoms with E-state index in [1.165, 1.54) is 5.56 Å². The molecule has 1 aromatic heterocycles. The first-order chi connectivity index (χ1) is 15.3. The summed E-state index contributed by atoms with van der Waals surface area (Å²) < 4.78 is 16.7. The minimum absolute atomic E-state index is 0.124. The molecule has 1 amide bonds. The summed E-state index contributed by atoms with van der Waals surface area (Å²) in [6, 6.07) is 10.2. The molecule has 168 valence electrons. The fourth-order valence-electron chi connectivity index (χ4n) is 4.32. The highest BCUT2D eigenvalue weighted by molar-refractivity contribution is 5.76. The Morgan fingerprint density at radius 3 is 2.81 bits per heavy atom. The normalized spacial score (nSPS) is 20.1. The Kier molecular flexibility index (Phi) is 8.07. The molecule has 0 radical (unpaired) electrons. The number of hydrogen-bond donors (Lipinski definition) is 0. The number of carbonyl (C=O) groups is 1. The van der Waals surface area contributed by atoms with Gasteiger partial charge >= 0.3 is 0 Å². The number of carbonyl (C=O) groups excluding carboxylic acids is 1. The van der Waals surface area contributed by atoms with Crippen LogP contribution in [0.15, 0.2) is 34.9 Å². The molecule has 2 aliphatic rings. The van der Waals surface area contributed by atoms with Gasteiger partial charge in [-0.25, -0.2) is 0 Å². The summed E-state index contributed by atoms with van der Waals surface area (Å²) in [7, 11) is 0. The third-order valence-corrected chi connectivity index (χ3v) is 6.24. The van der Waals surface area contributed by atoms with Crippen LogP contribution in [0.4, 0.5) is 0 Å². The third kappa shape index (κ3) is 6.61. The Labute approximate surface area is 184 Å². The highest BCUT2D eigenvalue weighted by Gasteiger charge is 2.28. The standard InChI is InChI=1S/C24H33N3O4/c28-23(9-8-19-5-2-1-3-6-19)27-13-4-7-21(17-27)24-25-22(26-31-24)12-16-30-18-20-10-14-29-15-11-20/h1-3,5-6,20-21H,4,7-18H2. The molecule has 4 rings (SSSR count). The maximum absolute atomic E-state index is 12.7. The number of hydrogen-bond acceptors (Lipinski definition) is 6. The molecule has 0 bridgehead atoms. The van der Waals surface area contributed by atoms with Crippen LogP contribution in [0.3, 0.4) is 0 Å². The smallest absolute Gasteiger partial charge is 0.231 e. The number of aryl methyl sites for hydroxylation is 1. The first-order valence-electron chi connectivity index (χ1n) is 11.6. The second-order valence-corrected chi connectivity index (χ2v) is 8.59. The van der Waals surface area contributed by atoms with Gasteiger partial charge in [-0.15, -0.1) is 0 Å². The molecular weight excluding hydrogens is 394 g/mol. The lowest BCUT2D eigenvalue weighted by molar-refractivity contribution is -0.132.